The Bertz CT molecular complexity index is 346. The lowest BCUT2D eigenvalue weighted by atomic mass is 9.51. The maximum absolute atomic E-state index is 11.2. The van der Waals surface area contributed by atoms with Crippen molar-refractivity contribution in [2.45, 2.75) is 64.6 Å². The topological polar surface area (TPSA) is 46.5 Å². The van der Waals surface area contributed by atoms with Gasteiger partial charge in [0.25, 0.3) is 0 Å². The first-order chi connectivity index (χ1) is 8.87. The third kappa shape index (κ3) is 2.31. The molecule has 4 aliphatic carbocycles. The standard InChI is InChI=1S/C16H26O3/c1-9(19-16(2,3)15(17)18)14-12-5-10-4-11(7-12)8-13(14)6-10/h9-14H,4-8H2,1-3H3,(H,17,18). The Labute approximate surface area is 115 Å². The van der Waals surface area contributed by atoms with E-state index in [1.807, 2.05) is 0 Å². The summed E-state index contributed by atoms with van der Waals surface area (Å²) >= 11 is 0. The molecule has 0 heterocycles. The summed E-state index contributed by atoms with van der Waals surface area (Å²) in [5.41, 5.74) is -1.06. The lowest BCUT2D eigenvalue weighted by Crippen LogP contribution is -2.51. The Morgan fingerprint density at radius 3 is 2.00 bits per heavy atom. The van der Waals surface area contributed by atoms with Gasteiger partial charge in [-0.1, -0.05) is 0 Å². The summed E-state index contributed by atoms with van der Waals surface area (Å²) in [6.45, 7) is 5.43. The van der Waals surface area contributed by atoms with E-state index in [1.54, 1.807) is 13.8 Å². The molecule has 1 unspecified atom stereocenters. The van der Waals surface area contributed by atoms with Crippen LogP contribution in [0.25, 0.3) is 0 Å². The van der Waals surface area contributed by atoms with Gasteiger partial charge < -0.3 is 9.84 Å². The van der Waals surface area contributed by atoms with E-state index >= 15 is 0 Å². The van der Waals surface area contributed by atoms with Crippen molar-refractivity contribution in [3.05, 3.63) is 0 Å². The van der Waals surface area contributed by atoms with Crippen molar-refractivity contribution in [2.24, 2.45) is 29.6 Å². The molecule has 0 spiro atoms. The Morgan fingerprint density at radius 2 is 1.58 bits per heavy atom. The zero-order chi connectivity index (χ0) is 13.8. The van der Waals surface area contributed by atoms with E-state index in [-0.39, 0.29) is 6.10 Å². The summed E-state index contributed by atoms with van der Waals surface area (Å²) in [6.07, 6.45) is 6.96. The van der Waals surface area contributed by atoms with Crippen molar-refractivity contribution in [1.82, 2.24) is 0 Å². The van der Waals surface area contributed by atoms with Gasteiger partial charge in [-0.3, -0.25) is 0 Å². The molecule has 1 atom stereocenters. The molecule has 4 saturated carbocycles. The monoisotopic (exact) mass is 266 g/mol. The second-order valence-electron chi connectivity index (χ2n) is 7.65. The lowest BCUT2D eigenvalue weighted by Gasteiger charge is -2.56. The van der Waals surface area contributed by atoms with E-state index in [1.165, 1.54) is 32.1 Å². The molecule has 0 aromatic carbocycles. The van der Waals surface area contributed by atoms with E-state index in [4.69, 9.17) is 4.74 Å². The number of aliphatic carboxylic acids is 1. The molecule has 0 saturated heterocycles. The zero-order valence-electron chi connectivity index (χ0n) is 12.3. The summed E-state index contributed by atoms with van der Waals surface area (Å²) in [4.78, 5) is 11.2. The number of hydrogen-bond donors (Lipinski definition) is 1. The number of ether oxygens (including phenoxy) is 1. The van der Waals surface area contributed by atoms with Gasteiger partial charge in [0.15, 0.2) is 5.60 Å². The second kappa shape index (κ2) is 4.47. The zero-order valence-corrected chi connectivity index (χ0v) is 12.3. The summed E-state index contributed by atoms with van der Waals surface area (Å²) in [5, 5.41) is 9.22. The highest BCUT2D eigenvalue weighted by molar-refractivity contribution is 5.76. The number of hydrogen-bond acceptors (Lipinski definition) is 2. The second-order valence-corrected chi connectivity index (χ2v) is 7.65. The highest BCUT2D eigenvalue weighted by atomic mass is 16.5. The summed E-state index contributed by atoms with van der Waals surface area (Å²) < 4.78 is 5.93. The van der Waals surface area contributed by atoms with Gasteiger partial charge in [-0.25, -0.2) is 4.79 Å². The predicted molar refractivity (Wildman–Crippen MR) is 72.8 cm³/mol. The third-order valence-electron chi connectivity index (χ3n) is 5.84. The highest BCUT2D eigenvalue weighted by Gasteiger charge is 2.50. The van der Waals surface area contributed by atoms with Crippen LogP contribution in [0, 0.1) is 29.6 Å². The number of carboxylic acids is 1. The minimum Gasteiger partial charge on any atom is -0.479 e. The molecule has 4 rings (SSSR count). The van der Waals surface area contributed by atoms with Crippen molar-refractivity contribution in [3.8, 4) is 0 Å². The molecular weight excluding hydrogens is 240 g/mol. The van der Waals surface area contributed by atoms with Gasteiger partial charge in [0.05, 0.1) is 6.10 Å². The first-order valence-corrected chi connectivity index (χ1v) is 7.78. The quantitative estimate of drug-likeness (QED) is 0.849. The molecule has 0 aliphatic heterocycles. The van der Waals surface area contributed by atoms with Crippen LogP contribution in [-0.4, -0.2) is 22.8 Å². The largest absolute Gasteiger partial charge is 0.479 e. The molecule has 4 fully saturated rings. The molecule has 108 valence electrons. The molecule has 3 nitrogen and oxygen atoms in total. The average molecular weight is 266 g/mol. The summed E-state index contributed by atoms with van der Waals surface area (Å²) in [7, 11) is 0. The molecule has 0 aromatic rings. The molecule has 4 bridgehead atoms. The average Bonchev–Trinajstić information content (AvgIpc) is 2.26. The Balaban J connectivity index is 1.70. The van der Waals surface area contributed by atoms with Gasteiger partial charge in [-0.15, -0.1) is 0 Å². The summed E-state index contributed by atoms with van der Waals surface area (Å²) in [6, 6.07) is 0. The van der Waals surface area contributed by atoms with Crippen molar-refractivity contribution in [1.29, 1.82) is 0 Å². The maximum Gasteiger partial charge on any atom is 0.335 e. The fraction of sp³-hybridized carbons (Fsp3) is 0.938. The minimum absolute atomic E-state index is 0.0705. The maximum atomic E-state index is 11.2. The van der Waals surface area contributed by atoms with Crippen LogP contribution in [0.2, 0.25) is 0 Å². The summed E-state index contributed by atoms with van der Waals surface area (Å²) in [5.74, 6) is 3.22. The van der Waals surface area contributed by atoms with Crippen LogP contribution in [0.5, 0.6) is 0 Å². The molecule has 0 radical (unpaired) electrons. The van der Waals surface area contributed by atoms with Gasteiger partial charge >= 0.3 is 5.97 Å². The fourth-order valence-electron chi connectivity index (χ4n) is 5.33. The van der Waals surface area contributed by atoms with Crippen LogP contribution in [-0.2, 0) is 9.53 Å². The van der Waals surface area contributed by atoms with Crippen LogP contribution in [0.15, 0.2) is 0 Å². The van der Waals surface area contributed by atoms with Crippen LogP contribution in [0.4, 0.5) is 0 Å². The van der Waals surface area contributed by atoms with Crippen LogP contribution in [0.1, 0.15) is 52.9 Å². The minimum atomic E-state index is -1.06. The lowest BCUT2D eigenvalue weighted by molar-refractivity contribution is -0.182. The molecule has 1 N–H and O–H groups in total. The number of carbonyl (C=O) groups is 1. The Hall–Kier alpha value is -0.570. The van der Waals surface area contributed by atoms with Crippen molar-refractivity contribution >= 4 is 5.97 Å². The Morgan fingerprint density at radius 1 is 1.11 bits per heavy atom. The van der Waals surface area contributed by atoms with Crippen molar-refractivity contribution in [2.75, 3.05) is 0 Å². The molecular formula is C16H26O3. The fourth-order valence-corrected chi connectivity index (χ4v) is 5.33. The smallest absolute Gasteiger partial charge is 0.335 e. The van der Waals surface area contributed by atoms with E-state index < -0.39 is 11.6 Å². The highest BCUT2D eigenvalue weighted by Crippen LogP contribution is 2.57. The van der Waals surface area contributed by atoms with E-state index in [0.717, 1.165) is 23.7 Å². The van der Waals surface area contributed by atoms with Crippen molar-refractivity contribution in [3.63, 3.8) is 0 Å². The first-order valence-electron chi connectivity index (χ1n) is 7.78. The number of carboxylic acid groups (broad SMARTS) is 1. The molecule has 3 heteroatoms. The molecule has 0 amide bonds. The first kappa shape index (κ1) is 13.4. The number of rotatable bonds is 4. The SMILES string of the molecule is CC(OC(C)(C)C(=O)O)C1C2CC3CC(C2)CC1C3. The van der Waals surface area contributed by atoms with Crippen LogP contribution < -0.4 is 0 Å². The Kier molecular flexibility index (Phi) is 3.16. The normalized spacial score (nSPS) is 42.4. The van der Waals surface area contributed by atoms with Gasteiger partial charge in [-0.05, 0) is 82.5 Å². The van der Waals surface area contributed by atoms with Gasteiger partial charge in [0.2, 0.25) is 0 Å². The van der Waals surface area contributed by atoms with E-state index in [2.05, 4.69) is 6.92 Å². The van der Waals surface area contributed by atoms with E-state index in [9.17, 15) is 9.90 Å². The van der Waals surface area contributed by atoms with Gasteiger partial charge in [0.1, 0.15) is 0 Å². The molecule has 19 heavy (non-hydrogen) atoms. The predicted octanol–water partition coefficient (Wildman–Crippen LogP) is 3.33. The third-order valence-corrected chi connectivity index (χ3v) is 5.84. The van der Waals surface area contributed by atoms with E-state index in [0.29, 0.717) is 5.92 Å². The van der Waals surface area contributed by atoms with Crippen LogP contribution in [0.3, 0.4) is 0 Å². The molecule has 4 aliphatic rings. The van der Waals surface area contributed by atoms with Crippen LogP contribution >= 0.6 is 0 Å². The molecule has 0 aromatic heterocycles. The van der Waals surface area contributed by atoms with Gasteiger partial charge in [0, 0.05) is 0 Å². The van der Waals surface area contributed by atoms with Crippen molar-refractivity contribution < 1.29 is 14.6 Å². The van der Waals surface area contributed by atoms with Gasteiger partial charge in [-0.2, -0.15) is 0 Å².